The molecule has 0 bridgehead atoms. The maximum absolute atomic E-state index is 12.3. The Morgan fingerprint density at radius 2 is 1.61 bits per heavy atom. The van der Waals surface area contributed by atoms with Crippen LogP contribution < -0.4 is 15.4 Å². The molecule has 2 amide bonds. The number of hydrogen-bond acceptors (Lipinski definition) is 5. The van der Waals surface area contributed by atoms with E-state index in [0.717, 1.165) is 28.2 Å². The number of amides is 2. The van der Waals surface area contributed by atoms with Crippen LogP contribution in [0.25, 0.3) is 5.82 Å². The third-order valence-electron chi connectivity index (χ3n) is 5.28. The molecule has 0 unspecified atom stereocenters. The molecule has 2 heterocycles. The quantitative estimate of drug-likeness (QED) is 0.417. The van der Waals surface area contributed by atoms with Crippen LogP contribution in [-0.4, -0.2) is 25.8 Å². The average Bonchev–Trinajstić information content (AvgIpc) is 3.02. The normalized spacial score (nSPS) is 10.7. The minimum atomic E-state index is -0.314. The van der Waals surface area contributed by atoms with Gasteiger partial charge < -0.3 is 15.4 Å². The van der Waals surface area contributed by atoms with Crippen LogP contribution >= 0.6 is 0 Å². The van der Waals surface area contributed by atoms with Gasteiger partial charge in [-0.05, 0) is 82.1 Å². The Kier molecular flexibility index (Phi) is 6.08. The summed E-state index contributed by atoms with van der Waals surface area (Å²) in [5, 5.41) is 10.2. The second-order valence-electron chi connectivity index (χ2n) is 7.89. The number of anilines is 2. The zero-order valence-corrected chi connectivity index (χ0v) is 19.3. The molecule has 0 aliphatic heterocycles. The van der Waals surface area contributed by atoms with E-state index in [1.54, 1.807) is 35.0 Å². The first-order valence-electron chi connectivity index (χ1n) is 10.6. The van der Waals surface area contributed by atoms with Crippen molar-refractivity contribution in [3.05, 3.63) is 82.9 Å². The molecule has 4 rings (SSSR count). The van der Waals surface area contributed by atoms with Crippen LogP contribution in [0.4, 0.5) is 16.2 Å². The SMILES string of the molecule is Cc1cccc(NC(=O)Nc2ccc(Oc3cc(-n4nc(C)c(C)c4C)nc(C)n3)cc2)c1. The lowest BCUT2D eigenvalue weighted by atomic mass is 10.2. The molecule has 4 aromatic rings. The Balaban J connectivity index is 1.45. The molecule has 33 heavy (non-hydrogen) atoms. The van der Waals surface area contributed by atoms with Crippen LogP contribution in [0, 0.1) is 34.6 Å². The predicted octanol–water partition coefficient (Wildman–Crippen LogP) is 5.64. The molecule has 2 aromatic heterocycles. The molecule has 0 saturated carbocycles. The maximum Gasteiger partial charge on any atom is 0.323 e. The largest absolute Gasteiger partial charge is 0.439 e. The average molecular weight is 443 g/mol. The molecule has 8 heteroatoms. The predicted molar refractivity (Wildman–Crippen MR) is 128 cm³/mol. The van der Waals surface area contributed by atoms with Gasteiger partial charge in [0.15, 0.2) is 5.82 Å². The van der Waals surface area contributed by atoms with Gasteiger partial charge in [0.1, 0.15) is 11.6 Å². The number of carbonyl (C=O) groups excluding carboxylic acids is 1. The number of benzene rings is 2. The minimum absolute atomic E-state index is 0.314. The first-order chi connectivity index (χ1) is 15.8. The van der Waals surface area contributed by atoms with Crippen molar-refractivity contribution in [1.29, 1.82) is 0 Å². The fourth-order valence-electron chi connectivity index (χ4n) is 3.37. The molecular weight excluding hydrogens is 416 g/mol. The minimum Gasteiger partial charge on any atom is -0.439 e. The number of hydrogen-bond donors (Lipinski definition) is 2. The highest BCUT2D eigenvalue weighted by molar-refractivity contribution is 5.99. The smallest absolute Gasteiger partial charge is 0.323 e. The molecule has 0 aliphatic carbocycles. The topological polar surface area (TPSA) is 94.0 Å². The summed E-state index contributed by atoms with van der Waals surface area (Å²) in [6.45, 7) is 9.81. The number of aryl methyl sites for hydroxylation is 3. The Hall–Kier alpha value is -4.20. The number of ether oxygens (including phenoxy) is 1. The summed E-state index contributed by atoms with van der Waals surface area (Å²) in [4.78, 5) is 21.1. The summed E-state index contributed by atoms with van der Waals surface area (Å²) in [6, 6.07) is 16.1. The lowest BCUT2D eigenvalue weighted by Gasteiger charge is -2.11. The van der Waals surface area contributed by atoms with Gasteiger partial charge in [-0.1, -0.05) is 12.1 Å². The van der Waals surface area contributed by atoms with Crippen molar-refractivity contribution in [3.63, 3.8) is 0 Å². The highest BCUT2D eigenvalue weighted by Crippen LogP contribution is 2.24. The number of nitrogens with one attached hydrogen (secondary N) is 2. The number of carbonyl (C=O) groups is 1. The van der Waals surface area contributed by atoms with Gasteiger partial charge in [0, 0.05) is 23.1 Å². The molecule has 0 fully saturated rings. The second kappa shape index (κ2) is 9.12. The van der Waals surface area contributed by atoms with E-state index >= 15 is 0 Å². The van der Waals surface area contributed by atoms with E-state index in [-0.39, 0.29) is 6.03 Å². The standard InChI is InChI=1S/C25H26N6O2/c1-15-7-6-8-21(13-15)29-25(32)28-20-9-11-22(12-10-20)33-24-14-23(26-19(5)27-24)31-18(4)16(2)17(3)30-31/h6-14H,1-5H3,(H2,28,29,32). The van der Waals surface area contributed by atoms with Crippen LogP contribution in [0.3, 0.4) is 0 Å². The first-order valence-corrected chi connectivity index (χ1v) is 10.6. The van der Waals surface area contributed by atoms with Gasteiger partial charge in [-0.2, -0.15) is 10.1 Å². The van der Waals surface area contributed by atoms with Crippen molar-refractivity contribution in [1.82, 2.24) is 19.7 Å². The summed E-state index contributed by atoms with van der Waals surface area (Å²) in [7, 11) is 0. The van der Waals surface area contributed by atoms with E-state index in [2.05, 4.69) is 25.7 Å². The van der Waals surface area contributed by atoms with E-state index in [1.807, 2.05) is 58.9 Å². The molecule has 2 N–H and O–H groups in total. The highest BCUT2D eigenvalue weighted by Gasteiger charge is 2.13. The van der Waals surface area contributed by atoms with E-state index in [0.29, 0.717) is 29.0 Å². The van der Waals surface area contributed by atoms with Crippen molar-refractivity contribution >= 4 is 17.4 Å². The van der Waals surface area contributed by atoms with E-state index in [1.165, 1.54) is 0 Å². The number of aromatic nitrogens is 4. The second-order valence-corrected chi connectivity index (χ2v) is 7.89. The molecule has 168 valence electrons. The van der Waals surface area contributed by atoms with Gasteiger partial charge in [0.05, 0.1) is 5.69 Å². The third-order valence-corrected chi connectivity index (χ3v) is 5.28. The highest BCUT2D eigenvalue weighted by atomic mass is 16.5. The number of urea groups is 1. The van der Waals surface area contributed by atoms with Gasteiger partial charge in [-0.25, -0.2) is 14.5 Å². The van der Waals surface area contributed by atoms with Crippen molar-refractivity contribution in [2.24, 2.45) is 0 Å². The maximum atomic E-state index is 12.3. The zero-order valence-electron chi connectivity index (χ0n) is 19.3. The Morgan fingerprint density at radius 1 is 0.879 bits per heavy atom. The molecule has 8 nitrogen and oxygen atoms in total. The van der Waals surface area contributed by atoms with Gasteiger partial charge in [-0.15, -0.1) is 0 Å². The Bertz CT molecular complexity index is 1310. The number of nitrogens with zero attached hydrogens (tertiary/aromatic N) is 4. The van der Waals surface area contributed by atoms with E-state index in [4.69, 9.17) is 4.74 Å². The summed E-state index contributed by atoms with van der Waals surface area (Å²) in [5.41, 5.74) is 5.57. The first kappa shape index (κ1) is 22.0. The molecular formula is C25H26N6O2. The van der Waals surface area contributed by atoms with Crippen molar-refractivity contribution in [3.8, 4) is 17.4 Å². The summed E-state index contributed by atoms with van der Waals surface area (Å²) in [6.07, 6.45) is 0. The monoisotopic (exact) mass is 442 g/mol. The lowest BCUT2D eigenvalue weighted by molar-refractivity contribution is 0.262. The van der Waals surface area contributed by atoms with Crippen molar-refractivity contribution in [2.75, 3.05) is 10.6 Å². The third kappa shape index (κ3) is 5.17. The lowest BCUT2D eigenvalue weighted by Crippen LogP contribution is -2.19. The van der Waals surface area contributed by atoms with Crippen LogP contribution in [0.1, 0.15) is 28.3 Å². The molecule has 0 spiro atoms. The van der Waals surface area contributed by atoms with Gasteiger partial charge in [0.25, 0.3) is 0 Å². The van der Waals surface area contributed by atoms with Gasteiger partial charge in [0.2, 0.25) is 5.88 Å². The molecule has 0 aliphatic rings. The number of rotatable bonds is 5. The van der Waals surface area contributed by atoms with Crippen molar-refractivity contribution in [2.45, 2.75) is 34.6 Å². The summed E-state index contributed by atoms with van der Waals surface area (Å²) < 4.78 is 7.74. The zero-order chi connectivity index (χ0) is 23.5. The molecule has 0 saturated heterocycles. The van der Waals surface area contributed by atoms with E-state index < -0.39 is 0 Å². The van der Waals surface area contributed by atoms with E-state index in [9.17, 15) is 4.79 Å². The molecule has 2 aromatic carbocycles. The van der Waals surface area contributed by atoms with Crippen molar-refractivity contribution < 1.29 is 9.53 Å². The van der Waals surface area contributed by atoms with Gasteiger partial charge in [-0.3, -0.25) is 0 Å². The van der Waals surface area contributed by atoms with Crippen LogP contribution in [0.2, 0.25) is 0 Å². The summed E-state index contributed by atoms with van der Waals surface area (Å²) in [5.74, 6) is 2.24. The van der Waals surface area contributed by atoms with Crippen LogP contribution in [0.5, 0.6) is 11.6 Å². The van der Waals surface area contributed by atoms with Crippen LogP contribution in [-0.2, 0) is 0 Å². The fourth-order valence-corrected chi connectivity index (χ4v) is 3.37. The fraction of sp³-hybridized carbons (Fsp3) is 0.200. The molecule has 0 radical (unpaired) electrons. The summed E-state index contributed by atoms with van der Waals surface area (Å²) >= 11 is 0. The molecule has 0 atom stereocenters. The Labute approximate surface area is 192 Å². The van der Waals surface area contributed by atoms with Crippen LogP contribution in [0.15, 0.2) is 54.6 Å². The van der Waals surface area contributed by atoms with Gasteiger partial charge >= 0.3 is 6.03 Å². The Morgan fingerprint density at radius 3 is 2.27 bits per heavy atom.